The van der Waals surface area contributed by atoms with Crippen molar-refractivity contribution in [2.24, 2.45) is 0 Å². The topological polar surface area (TPSA) is 90.2 Å². The van der Waals surface area contributed by atoms with E-state index in [0.717, 1.165) is 0 Å². The van der Waals surface area contributed by atoms with E-state index in [9.17, 15) is 0 Å². The third-order valence-corrected chi connectivity index (χ3v) is 1.74. The first-order valence-electron chi connectivity index (χ1n) is 3.45. The molecule has 11 heavy (non-hydrogen) atoms. The highest BCUT2D eigenvalue weighted by molar-refractivity contribution is 4.79. The lowest BCUT2D eigenvalue weighted by Gasteiger charge is -2.33. The van der Waals surface area contributed by atoms with Gasteiger partial charge in [-0.3, -0.25) is 0 Å². The maximum Gasteiger partial charge on any atom is 0.181 e. The molecular formula is C6H12O5. The molecule has 1 unspecified atom stereocenters. The molecule has 1 saturated heterocycles. The SMILES string of the molecule is OC[C@H]1O[C@@H](O)C(O)C[C@@H]1O. The lowest BCUT2D eigenvalue weighted by Crippen LogP contribution is -2.48. The van der Waals surface area contributed by atoms with E-state index in [0.29, 0.717) is 0 Å². The Morgan fingerprint density at radius 1 is 1.18 bits per heavy atom. The molecular weight excluding hydrogens is 152 g/mol. The van der Waals surface area contributed by atoms with Gasteiger partial charge in [0.05, 0.1) is 12.7 Å². The smallest absolute Gasteiger partial charge is 0.181 e. The van der Waals surface area contributed by atoms with E-state index in [1.165, 1.54) is 0 Å². The molecule has 0 aromatic rings. The molecule has 1 fully saturated rings. The van der Waals surface area contributed by atoms with Gasteiger partial charge in [0.2, 0.25) is 0 Å². The summed E-state index contributed by atoms with van der Waals surface area (Å²) in [6, 6.07) is 0. The summed E-state index contributed by atoms with van der Waals surface area (Å²) in [5.41, 5.74) is 0. The highest BCUT2D eigenvalue weighted by atomic mass is 16.6. The van der Waals surface area contributed by atoms with E-state index in [1.54, 1.807) is 0 Å². The zero-order valence-corrected chi connectivity index (χ0v) is 5.92. The molecule has 66 valence electrons. The van der Waals surface area contributed by atoms with Crippen molar-refractivity contribution in [3.8, 4) is 0 Å². The van der Waals surface area contributed by atoms with Crippen LogP contribution in [0.2, 0.25) is 0 Å². The highest BCUT2D eigenvalue weighted by Gasteiger charge is 2.34. The van der Waals surface area contributed by atoms with E-state index < -0.39 is 24.6 Å². The number of rotatable bonds is 1. The summed E-state index contributed by atoms with van der Waals surface area (Å²) in [4.78, 5) is 0. The number of ether oxygens (including phenoxy) is 1. The Hall–Kier alpha value is -0.200. The maximum absolute atomic E-state index is 9.10. The summed E-state index contributed by atoms with van der Waals surface area (Å²) in [5, 5.41) is 35.5. The van der Waals surface area contributed by atoms with Crippen molar-refractivity contribution in [3.63, 3.8) is 0 Å². The minimum absolute atomic E-state index is 0.0341. The molecule has 5 nitrogen and oxygen atoms in total. The lowest BCUT2D eigenvalue weighted by molar-refractivity contribution is -0.251. The Balaban J connectivity index is 2.48. The molecule has 4 N–H and O–H groups in total. The summed E-state index contributed by atoms with van der Waals surface area (Å²) in [5.74, 6) is 0. The van der Waals surface area contributed by atoms with Crippen LogP contribution in [0.15, 0.2) is 0 Å². The third kappa shape index (κ3) is 1.88. The largest absolute Gasteiger partial charge is 0.394 e. The molecule has 5 heteroatoms. The Kier molecular flexibility index (Phi) is 2.80. The van der Waals surface area contributed by atoms with E-state index >= 15 is 0 Å². The summed E-state index contributed by atoms with van der Waals surface area (Å²) in [6.07, 6.45) is -4.01. The third-order valence-electron chi connectivity index (χ3n) is 1.74. The molecule has 1 aliphatic rings. The van der Waals surface area contributed by atoms with Crippen molar-refractivity contribution in [1.29, 1.82) is 0 Å². The molecule has 0 aromatic carbocycles. The minimum Gasteiger partial charge on any atom is -0.394 e. The summed E-state index contributed by atoms with van der Waals surface area (Å²) in [6.45, 7) is -0.356. The van der Waals surface area contributed by atoms with Crippen molar-refractivity contribution in [2.45, 2.75) is 31.0 Å². The number of hydrogen-bond donors (Lipinski definition) is 4. The molecule has 1 aliphatic heterocycles. The lowest BCUT2D eigenvalue weighted by atomic mass is 10.0. The fourth-order valence-corrected chi connectivity index (χ4v) is 1.04. The quantitative estimate of drug-likeness (QED) is 0.353. The highest BCUT2D eigenvalue weighted by Crippen LogP contribution is 2.18. The second kappa shape index (κ2) is 3.46. The first kappa shape index (κ1) is 8.89. The van der Waals surface area contributed by atoms with Gasteiger partial charge in [-0.1, -0.05) is 0 Å². The van der Waals surface area contributed by atoms with Crippen molar-refractivity contribution in [3.05, 3.63) is 0 Å². The van der Waals surface area contributed by atoms with E-state index in [1.807, 2.05) is 0 Å². The average Bonchev–Trinajstić information content (AvgIpc) is 1.97. The van der Waals surface area contributed by atoms with Crippen LogP contribution in [-0.4, -0.2) is 51.6 Å². The predicted octanol–water partition coefficient (Wildman–Crippen LogP) is -2.19. The van der Waals surface area contributed by atoms with Crippen LogP contribution in [0.3, 0.4) is 0 Å². The fourth-order valence-electron chi connectivity index (χ4n) is 1.04. The van der Waals surface area contributed by atoms with Crippen LogP contribution in [0.1, 0.15) is 6.42 Å². The zero-order chi connectivity index (χ0) is 8.43. The molecule has 0 amide bonds. The summed E-state index contributed by atoms with van der Waals surface area (Å²) < 4.78 is 4.67. The fraction of sp³-hybridized carbons (Fsp3) is 1.00. The van der Waals surface area contributed by atoms with Gasteiger partial charge in [-0.2, -0.15) is 0 Å². The zero-order valence-electron chi connectivity index (χ0n) is 5.92. The maximum atomic E-state index is 9.10. The molecule has 0 spiro atoms. The summed E-state index contributed by atoms with van der Waals surface area (Å²) >= 11 is 0. The van der Waals surface area contributed by atoms with E-state index in [-0.39, 0.29) is 13.0 Å². The molecule has 0 aromatic heterocycles. The Morgan fingerprint density at radius 3 is 2.36 bits per heavy atom. The molecule has 0 bridgehead atoms. The van der Waals surface area contributed by atoms with E-state index in [2.05, 4.69) is 4.74 Å². The van der Waals surface area contributed by atoms with Crippen LogP contribution < -0.4 is 0 Å². The first-order valence-corrected chi connectivity index (χ1v) is 3.45. The Bertz CT molecular complexity index is 128. The van der Waals surface area contributed by atoms with Gasteiger partial charge in [0.25, 0.3) is 0 Å². The van der Waals surface area contributed by atoms with Gasteiger partial charge in [-0.15, -0.1) is 0 Å². The van der Waals surface area contributed by atoms with Crippen LogP contribution in [0, 0.1) is 0 Å². The monoisotopic (exact) mass is 164 g/mol. The number of aliphatic hydroxyl groups excluding tert-OH is 4. The van der Waals surface area contributed by atoms with Crippen LogP contribution in [-0.2, 0) is 4.74 Å². The Labute approximate surface area is 63.8 Å². The molecule has 1 heterocycles. The molecule has 0 radical (unpaired) electrons. The van der Waals surface area contributed by atoms with Crippen molar-refractivity contribution in [1.82, 2.24) is 0 Å². The van der Waals surface area contributed by atoms with Gasteiger partial charge >= 0.3 is 0 Å². The standard InChI is InChI=1S/C6H12O5/c7-2-5-3(8)1-4(9)6(10)11-5/h3-10H,1-2H2/t3-,4?,5+,6+/m0/s1. The molecule has 0 aliphatic carbocycles. The minimum atomic E-state index is -1.30. The number of aliphatic hydroxyl groups is 4. The van der Waals surface area contributed by atoms with E-state index in [4.69, 9.17) is 20.4 Å². The summed E-state index contributed by atoms with van der Waals surface area (Å²) in [7, 11) is 0. The van der Waals surface area contributed by atoms with Gasteiger partial charge in [0.15, 0.2) is 6.29 Å². The van der Waals surface area contributed by atoms with Gasteiger partial charge in [0, 0.05) is 6.42 Å². The second-order valence-electron chi connectivity index (χ2n) is 2.62. The van der Waals surface area contributed by atoms with Gasteiger partial charge < -0.3 is 25.2 Å². The van der Waals surface area contributed by atoms with Crippen LogP contribution >= 0.6 is 0 Å². The number of hydrogen-bond acceptors (Lipinski definition) is 5. The van der Waals surface area contributed by atoms with Crippen LogP contribution in [0.5, 0.6) is 0 Å². The van der Waals surface area contributed by atoms with Crippen LogP contribution in [0.4, 0.5) is 0 Å². The first-order chi connectivity index (χ1) is 5.15. The Morgan fingerprint density at radius 2 is 1.82 bits per heavy atom. The van der Waals surface area contributed by atoms with Crippen molar-refractivity contribution in [2.75, 3.05) is 6.61 Å². The normalized spacial score (nSPS) is 45.8. The van der Waals surface area contributed by atoms with Gasteiger partial charge in [-0.25, -0.2) is 0 Å². The average molecular weight is 164 g/mol. The molecule has 0 saturated carbocycles. The predicted molar refractivity (Wildman–Crippen MR) is 34.6 cm³/mol. The molecule has 1 rings (SSSR count). The molecule has 4 atom stereocenters. The van der Waals surface area contributed by atoms with Crippen LogP contribution in [0.25, 0.3) is 0 Å². The second-order valence-corrected chi connectivity index (χ2v) is 2.62. The van der Waals surface area contributed by atoms with Crippen molar-refractivity contribution >= 4 is 0 Å². The van der Waals surface area contributed by atoms with Crippen molar-refractivity contribution < 1.29 is 25.2 Å². The van der Waals surface area contributed by atoms with Gasteiger partial charge in [-0.05, 0) is 0 Å². The van der Waals surface area contributed by atoms with Gasteiger partial charge in [0.1, 0.15) is 12.2 Å².